The molecule has 2 unspecified atom stereocenters. The molecule has 92 valence electrons. The molecule has 2 atom stereocenters. The molecule has 0 N–H and O–H groups in total. The first kappa shape index (κ1) is 11.4. The SMILES string of the molecule is COC12C=CC(=O)C=C1CC(c1ccccc1)O2. The summed E-state index contributed by atoms with van der Waals surface area (Å²) in [5.74, 6) is -0.857. The number of allylic oxidation sites excluding steroid dienone is 2. The predicted molar refractivity (Wildman–Crippen MR) is 66.9 cm³/mol. The van der Waals surface area contributed by atoms with Crippen LogP contribution in [0.2, 0.25) is 0 Å². The molecule has 0 aromatic heterocycles. The van der Waals surface area contributed by atoms with Crippen molar-refractivity contribution in [2.45, 2.75) is 18.3 Å². The first-order valence-corrected chi connectivity index (χ1v) is 5.96. The van der Waals surface area contributed by atoms with E-state index in [1.165, 1.54) is 6.08 Å². The van der Waals surface area contributed by atoms with E-state index in [2.05, 4.69) is 0 Å². The summed E-state index contributed by atoms with van der Waals surface area (Å²) < 4.78 is 11.5. The third kappa shape index (κ3) is 1.72. The predicted octanol–water partition coefficient (Wildman–Crippen LogP) is 2.56. The van der Waals surface area contributed by atoms with Crippen LogP contribution in [0.3, 0.4) is 0 Å². The molecule has 0 spiro atoms. The monoisotopic (exact) mass is 242 g/mol. The van der Waals surface area contributed by atoms with Gasteiger partial charge in [-0.25, -0.2) is 0 Å². The van der Waals surface area contributed by atoms with Gasteiger partial charge >= 0.3 is 0 Å². The van der Waals surface area contributed by atoms with Gasteiger partial charge in [-0.2, -0.15) is 0 Å². The third-order valence-corrected chi connectivity index (χ3v) is 3.43. The summed E-state index contributed by atoms with van der Waals surface area (Å²) in [6.07, 6.45) is 5.45. The standard InChI is InChI=1S/C15H14O3/c1-17-15-8-7-13(16)9-12(15)10-14(18-15)11-5-3-2-4-6-11/h2-9,14H,10H2,1H3. The van der Waals surface area contributed by atoms with Crippen molar-refractivity contribution < 1.29 is 14.3 Å². The number of ketones is 1. The number of rotatable bonds is 2. The minimum absolute atomic E-state index is 0.00464. The lowest BCUT2D eigenvalue weighted by molar-refractivity contribution is -0.162. The lowest BCUT2D eigenvalue weighted by Gasteiger charge is -2.27. The van der Waals surface area contributed by atoms with Gasteiger partial charge in [-0.3, -0.25) is 4.79 Å². The normalized spacial score (nSPS) is 30.2. The second-order valence-corrected chi connectivity index (χ2v) is 4.50. The van der Waals surface area contributed by atoms with Crippen molar-refractivity contribution in [3.8, 4) is 0 Å². The van der Waals surface area contributed by atoms with Crippen LogP contribution in [0.15, 0.2) is 54.1 Å². The van der Waals surface area contributed by atoms with Crippen LogP contribution in [0, 0.1) is 0 Å². The summed E-state index contributed by atoms with van der Waals surface area (Å²) in [4.78, 5) is 11.4. The number of ether oxygens (including phenoxy) is 2. The molecule has 1 aromatic carbocycles. The minimum atomic E-state index is -0.853. The Hall–Kier alpha value is -1.71. The highest BCUT2D eigenvalue weighted by molar-refractivity contribution is 6.01. The zero-order valence-corrected chi connectivity index (χ0v) is 10.1. The smallest absolute Gasteiger partial charge is 0.212 e. The Morgan fingerprint density at radius 2 is 2.11 bits per heavy atom. The van der Waals surface area contributed by atoms with Gasteiger partial charge in [0, 0.05) is 13.5 Å². The maximum atomic E-state index is 11.4. The Bertz CT molecular complexity index is 530. The van der Waals surface area contributed by atoms with Gasteiger partial charge in [-0.1, -0.05) is 30.3 Å². The molecule has 1 aromatic rings. The highest BCUT2D eigenvalue weighted by atomic mass is 16.7. The zero-order chi connectivity index (χ0) is 12.6. The average molecular weight is 242 g/mol. The number of hydrogen-bond acceptors (Lipinski definition) is 3. The molecule has 0 bridgehead atoms. The maximum absolute atomic E-state index is 11.4. The van der Waals surface area contributed by atoms with Crippen LogP contribution in [0.1, 0.15) is 18.1 Å². The number of carbonyl (C=O) groups is 1. The van der Waals surface area contributed by atoms with Gasteiger partial charge in [0.2, 0.25) is 5.79 Å². The summed E-state index contributed by atoms with van der Waals surface area (Å²) in [6.45, 7) is 0. The fraction of sp³-hybridized carbons (Fsp3) is 0.267. The Morgan fingerprint density at radius 3 is 2.83 bits per heavy atom. The van der Waals surface area contributed by atoms with Crippen LogP contribution in [0.4, 0.5) is 0 Å². The van der Waals surface area contributed by atoms with E-state index in [0.717, 1.165) is 11.1 Å². The van der Waals surface area contributed by atoms with Crippen LogP contribution in [-0.2, 0) is 14.3 Å². The van der Waals surface area contributed by atoms with Crippen molar-refractivity contribution in [2.75, 3.05) is 7.11 Å². The summed E-state index contributed by atoms with van der Waals surface area (Å²) in [5, 5.41) is 0. The molecule has 1 heterocycles. The molecule has 1 saturated heterocycles. The minimum Gasteiger partial charge on any atom is -0.346 e. The van der Waals surface area contributed by atoms with E-state index in [-0.39, 0.29) is 11.9 Å². The number of hydrogen-bond donors (Lipinski definition) is 0. The van der Waals surface area contributed by atoms with Crippen molar-refractivity contribution in [3.05, 3.63) is 59.7 Å². The van der Waals surface area contributed by atoms with E-state index in [9.17, 15) is 4.79 Å². The first-order valence-electron chi connectivity index (χ1n) is 5.96. The molecule has 3 nitrogen and oxygen atoms in total. The molecule has 3 rings (SSSR count). The Labute approximate surface area is 106 Å². The Kier molecular flexibility index (Phi) is 2.65. The lowest BCUT2D eigenvalue weighted by Crippen LogP contribution is -2.32. The average Bonchev–Trinajstić information content (AvgIpc) is 2.79. The van der Waals surface area contributed by atoms with E-state index in [0.29, 0.717) is 6.42 Å². The van der Waals surface area contributed by atoms with Crippen molar-refractivity contribution in [3.63, 3.8) is 0 Å². The molecule has 1 aliphatic carbocycles. The molecule has 3 heteroatoms. The van der Waals surface area contributed by atoms with Gasteiger partial charge in [0.05, 0.1) is 6.10 Å². The summed E-state index contributed by atoms with van der Waals surface area (Å²) in [5.41, 5.74) is 2.00. The van der Waals surface area contributed by atoms with E-state index < -0.39 is 5.79 Å². The molecule has 18 heavy (non-hydrogen) atoms. The Balaban J connectivity index is 1.95. The summed E-state index contributed by atoms with van der Waals surface area (Å²) in [6, 6.07) is 9.99. The van der Waals surface area contributed by atoms with Gasteiger partial charge in [-0.05, 0) is 29.4 Å². The van der Waals surface area contributed by atoms with Gasteiger partial charge in [-0.15, -0.1) is 0 Å². The summed E-state index contributed by atoms with van der Waals surface area (Å²) >= 11 is 0. The van der Waals surface area contributed by atoms with Crippen molar-refractivity contribution in [1.82, 2.24) is 0 Å². The van der Waals surface area contributed by atoms with Gasteiger partial charge in [0.1, 0.15) is 0 Å². The van der Waals surface area contributed by atoms with Gasteiger partial charge in [0.15, 0.2) is 5.78 Å². The van der Waals surface area contributed by atoms with Crippen LogP contribution in [0.25, 0.3) is 0 Å². The molecule has 0 amide bonds. The molecule has 2 aliphatic rings. The molecule has 0 radical (unpaired) electrons. The van der Waals surface area contributed by atoms with E-state index in [1.807, 2.05) is 30.3 Å². The second-order valence-electron chi connectivity index (χ2n) is 4.50. The Morgan fingerprint density at radius 1 is 1.33 bits per heavy atom. The molecule has 0 saturated carbocycles. The van der Waals surface area contributed by atoms with Crippen LogP contribution in [0.5, 0.6) is 0 Å². The first-order chi connectivity index (χ1) is 8.73. The number of fused-ring (bicyclic) bond motifs is 1. The number of methoxy groups -OCH3 is 1. The van der Waals surface area contributed by atoms with E-state index in [1.54, 1.807) is 19.3 Å². The topological polar surface area (TPSA) is 35.5 Å². The molecular formula is C15H14O3. The number of carbonyl (C=O) groups excluding carboxylic acids is 1. The van der Waals surface area contributed by atoms with Gasteiger partial charge < -0.3 is 9.47 Å². The van der Waals surface area contributed by atoms with Crippen LogP contribution >= 0.6 is 0 Å². The van der Waals surface area contributed by atoms with Crippen molar-refractivity contribution in [2.24, 2.45) is 0 Å². The van der Waals surface area contributed by atoms with E-state index >= 15 is 0 Å². The van der Waals surface area contributed by atoms with Crippen molar-refractivity contribution in [1.29, 1.82) is 0 Å². The zero-order valence-electron chi connectivity index (χ0n) is 10.1. The highest BCUT2D eigenvalue weighted by Crippen LogP contribution is 2.45. The fourth-order valence-electron chi connectivity index (χ4n) is 2.49. The molecule has 1 aliphatic heterocycles. The third-order valence-electron chi connectivity index (χ3n) is 3.43. The van der Waals surface area contributed by atoms with Crippen LogP contribution in [-0.4, -0.2) is 18.7 Å². The molecule has 1 fully saturated rings. The number of benzene rings is 1. The quantitative estimate of drug-likeness (QED) is 0.799. The summed E-state index contributed by atoms with van der Waals surface area (Å²) in [7, 11) is 1.60. The van der Waals surface area contributed by atoms with E-state index in [4.69, 9.17) is 9.47 Å². The van der Waals surface area contributed by atoms with Crippen LogP contribution < -0.4 is 0 Å². The largest absolute Gasteiger partial charge is 0.346 e. The maximum Gasteiger partial charge on any atom is 0.212 e. The second kappa shape index (κ2) is 4.19. The van der Waals surface area contributed by atoms with Gasteiger partial charge in [0.25, 0.3) is 0 Å². The highest BCUT2D eigenvalue weighted by Gasteiger charge is 2.45. The molecular weight excluding hydrogens is 228 g/mol. The lowest BCUT2D eigenvalue weighted by atomic mass is 9.95. The van der Waals surface area contributed by atoms with Crippen molar-refractivity contribution >= 4 is 5.78 Å². The fourth-order valence-corrected chi connectivity index (χ4v) is 2.49.